The lowest BCUT2D eigenvalue weighted by Crippen LogP contribution is -2.30. The Bertz CT molecular complexity index is 762. The topological polar surface area (TPSA) is 56.8 Å². The summed E-state index contributed by atoms with van der Waals surface area (Å²) in [4.78, 5) is 12.9. The van der Waals surface area contributed by atoms with Crippen LogP contribution >= 0.6 is 11.6 Å². The number of hydrogen-bond donors (Lipinski definition) is 1. The minimum Gasteiger partial charge on any atom is -0.493 e. The average Bonchev–Trinajstić information content (AvgIpc) is 3.50. The predicted molar refractivity (Wildman–Crippen MR) is 100 cm³/mol. The van der Waals surface area contributed by atoms with Crippen LogP contribution < -0.4 is 19.5 Å². The summed E-state index contributed by atoms with van der Waals surface area (Å²) in [6.07, 6.45) is 2.20. The summed E-state index contributed by atoms with van der Waals surface area (Å²) in [6.45, 7) is 0. The van der Waals surface area contributed by atoms with Crippen LogP contribution in [-0.2, 0) is 0 Å². The Morgan fingerprint density at radius 2 is 1.62 bits per heavy atom. The largest absolute Gasteiger partial charge is 0.493 e. The number of rotatable bonds is 7. The van der Waals surface area contributed by atoms with E-state index in [1.807, 2.05) is 24.3 Å². The van der Waals surface area contributed by atoms with E-state index in [4.69, 9.17) is 25.8 Å². The lowest BCUT2D eigenvalue weighted by atomic mass is 10.0. The van der Waals surface area contributed by atoms with Crippen molar-refractivity contribution in [3.63, 3.8) is 0 Å². The fourth-order valence-electron chi connectivity index (χ4n) is 3.01. The molecule has 1 saturated carbocycles. The molecule has 5 nitrogen and oxygen atoms in total. The highest BCUT2D eigenvalue weighted by Gasteiger charge is 2.33. The average molecular weight is 376 g/mol. The van der Waals surface area contributed by atoms with Crippen molar-refractivity contribution in [2.24, 2.45) is 5.92 Å². The van der Waals surface area contributed by atoms with Gasteiger partial charge in [0.15, 0.2) is 11.5 Å². The number of halogens is 1. The van der Waals surface area contributed by atoms with Gasteiger partial charge in [-0.1, -0.05) is 23.7 Å². The highest BCUT2D eigenvalue weighted by Crippen LogP contribution is 2.42. The molecule has 0 radical (unpaired) electrons. The second-order valence-corrected chi connectivity index (χ2v) is 6.69. The minimum absolute atomic E-state index is 0.0427. The predicted octanol–water partition coefficient (Wildman–Crippen LogP) is 4.25. The molecule has 1 aliphatic carbocycles. The van der Waals surface area contributed by atoms with Crippen LogP contribution in [0, 0.1) is 5.92 Å². The quantitative estimate of drug-likeness (QED) is 0.786. The third-order valence-corrected chi connectivity index (χ3v) is 4.79. The third-order valence-electron chi connectivity index (χ3n) is 4.54. The summed E-state index contributed by atoms with van der Waals surface area (Å²) in [5.74, 6) is 1.62. The number of hydrogen-bond acceptors (Lipinski definition) is 4. The first-order valence-corrected chi connectivity index (χ1v) is 8.81. The van der Waals surface area contributed by atoms with Crippen LogP contribution in [0.4, 0.5) is 0 Å². The molecule has 0 spiro atoms. The standard InChI is InChI=1S/C20H22ClNO4/c1-24-16-10-14(11-17(25-2)19(16)26-3)20(23)22-18(12-4-5-12)13-6-8-15(21)9-7-13/h6-12,18H,4-5H2,1-3H3,(H,22,23). The van der Waals surface area contributed by atoms with Crippen molar-refractivity contribution in [3.05, 3.63) is 52.5 Å². The van der Waals surface area contributed by atoms with Gasteiger partial charge in [-0.05, 0) is 48.6 Å². The van der Waals surface area contributed by atoms with Gasteiger partial charge in [0.25, 0.3) is 5.91 Å². The molecule has 1 N–H and O–H groups in total. The van der Waals surface area contributed by atoms with Crippen LogP contribution in [0.5, 0.6) is 17.2 Å². The molecule has 0 heterocycles. The molecule has 2 aromatic carbocycles. The van der Waals surface area contributed by atoms with Gasteiger partial charge in [-0.3, -0.25) is 4.79 Å². The number of methoxy groups -OCH3 is 3. The fourth-order valence-corrected chi connectivity index (χ4v) is 3.14. The molecule has 1 aliphatic rings. The number of nitrogens with one attached hydrogen (secondary N) is 1. The molecule has 0 saturated heterocycles. The Morgan fingerprint density at radius 1 is 1.04 bits per heavy atom. The molecule has 1 fully saturated rings. The lowest BCUT2D eigenvalue weighted by Gasteiger charge is -2.20. The van der Waals surface area contributed by atoms with Gasteiger partial charge >= 0.3 is 0 Å². The molecule has 3 rings (SSSR count). The first kappa shape index (κ1) is 18.4. The first-order valence-electron chi connectivity index (χ1n) is 8.43. The second kappa shape index (κ2) is 7.87. The first-order chi connectivity index (χ1) is 12.6. The van der Waals surface area contributed by atoms with Crippen LogP contribution in [0.3, 0.4) is 0 Å². The molecule has 1 atom stereocenters. The van der Waals surface area contributed by atoms with Crippen LogP contribution in [0.1, 0.15) is 34.8 Å². The van der Waals surface area contributed by atoms with Crippen molar-refractivity contribution in [2.75, 3.05) is 21.3 Å². The van der Waals surface area contributed by atoms with Crippen molar-refractivity contribution in [3.8, 4) is 17.2 Å². The summed E-state index contributed by atoms with van der Waals surface area (Å²) in [7, 11) is 4.59. The SMILES string of the molecule is COc1cc(C(=O)NC(c2ccc(Cl)cc2)C2CC2)cc(OC)c1OC. The van der Waals surface area contributed by atoms with E-state index in [2.05, 4.69) is 5.32 Å². The summed E-state index contributed by atoms with van der Waals surface area (Å²) in [6, 6.07) is 10.9. The van der Waals surface area contributed by atoms with Crippen molar-refractivity contribution in [1.29, 1.82) is 0 Å². The number of ether oxygens (including phenoxy) is 3. The Morgan fingerprint density at radius 3 is 2.08 bits per heavy atom. The van der Waals surface area contributed by atoms with Crippen LogP contribution in [0.25, 0.3) is 0 Å². The molecule has 0 bridgehead atoms. The third kappa shape index (κ3) is 3.88. The zero-order valence-electron chi connectivity index (χ0n) is 15.0. The van der Waals surface area contributed by atoms with Crippen molar-refractivity contribution in [2.45, 2.75) is 18.9 Å². The molecular weight excluding hydrogens is 354 g/mol. The Kier molecular flexibility index (Phi) is 5.57. The van der Waals surface area contributed by atoms with Gasteiger partial charge in [-0.15, -0.1) is 0 Å². The van der Waals surface area contributed by atoms with Gasteiger partial charge in [0, 0.05) is 10.6 Å². The summed E-state index contributed by atoms with van der Waals surface area (Å²) in [5, 5.41) is 3.82. The molecular formula is C20H22ClNO4. The van der Waals surface area contributed by atoms with E-state index < -0.39 is 0 Å². The molecule has 1 amide bonds. The molecule has 0 aromatic heterocycles. The van der Waals surface area contributed by atoms with Crippen molar-refractivity contribution in [1.82, 2.24) is 5.32 Å². The van der Waals surface area contributed by atoms with Crippen LogP contribution in [0.2, 0.25) is 5.02 Å². The summed E-state index contributed by atoms with van der Waals surface area (Å²) < 4.78 is 16.0. The summed E-state index contributed by atoms with van der Waals surface area (Å²) in [5.41, 5.74) is 1.51. The van der Waals surface area contributed by atoms with E-state index in [9.17, 15) is 4.79 Å². The molecule has 138 valence electrons. The Hall–Kier alpha value is -2.40. The van der Waals surface area contributed by atoms with E-state index >= 15 is 0 Å². The number of carbonyl (C=O) groups is 1. The van der Waals surface area contributed by atoms with Crippen LogP contribution in [0.15, 0.2) is 36.4 Å². The van der Waals surface area contributed by atoms with Gasteiger partial charge in [-0.25, -0.2) is 0 Å². The second-order valence-electron chi connectivity index (χ2n) is 6.25. The van der Waals surface area contributed by atoms with Gasteiger partial charge in [0.2, 0.25) is 5.75 Å². The zero-order valence-corrected chi connectivity index (χ0v) is 15.8. The number of benzene rings is 2. The number of amides is 1. The molecule has 26 heavy (non-hydrogen) atoms. The maximum Gasteiger partial charge on any atom is 0.252 e. The highest BCUT2D eigenvalue weighted by atomic mass is 35.5. The van der Waals surface area contributed by atoms with Gasteiger partial charge in [0.1, 0.15) is 0 Å². The fraction of sp³-hybridized carbons (Fsp3) is 0.350. The Labute approximate surface area is 158 Å². The summed E-state index contributed by atoms with van der Waals surface area (Å²) >= 11 is 5.98. The van der Waals surface area contributed by atoms with E-state index in [0.717, 1.165) is 18.4 Å². The van der Waals surface area contributed by atoms with Crippen molar-refractivity contribution >= 4 is 17.5 Å². The van der Waals surface area contributed by atoms with Gasteiger partial charge < -0.3 is 19.5 Å². The van der Waals surface area contributed by atoms with E-state index in [0.29, 0.717) is 33.8 Å². The van der Waals surface area contributed by atoms with Gasteiger partial charge in [0.05, 0.1) is 27.4 Å². The zero-order chi connectivity index (χ0) is 18.7. The maximum atomic E-state index is 12.9. The normalized spacial score (nSPS) is 14.5. The van der Waals surface area contributed by atoms with Gasteiger partial charge in [-0.2, -0.15) is 0 Å². The minimum atomic E-state index is -0.184. The lowest BCUT2D eigenvalue weighted by molar-refractivity contribution is 0.0931. The smallest absolute Gasteiger partial charge is 0.252 e. The maximum absolute atomic E-state index is 12.9. The van der Waals surface area contributed by atoms with Crippen molar-refractivity contribution < 1.29 is 19.0 Å². The molecule has 0 aliphatic heterocycles. The van der Waals surface area contributed by atoms with Crippen LogP contribution in [-0.4, -0.2) is 27.2 Å². The highest BCUT2D eigenvalue weighted by molar-refractivity contribution is 6.30. The van der Waals surface area contributed by atoms with E-state index in [-0.39, 0.29) is 11.9 Å². The Balaban J connectivity index is 1.87. The monoisotopic (exact) mass is 375 g/mol. The van der Waals surface area contributed by atoms with E-state index in [1.165, 1.54) is 21.3 Å². The number of carbonyl (C=O) groups excluding carboxylic acids is 1. The molecule has 1 unspecified atom stereocenters. The molecule has 6 heteroatoms. The molecule has 2 aromatic rings. The van der Waals surface area contributed by atoms with E-state index in [1.54, 1.807) is 12.1 Å².